The molecular weight excluding hydrogens is 310 g/mol. The van der Waals surface area contributed by atoms with Gasteiger partial charge in [0.25, 0.3) is 0 Å². The van der Waals surface area contributed by atoms with E-state index in [1.54, 1.807) is 30.5 Å². The predicted octanol–water partition coefficient (Wildman–Crippen LogP) is 4.35. The number of nitrogens with zero attached hydrogens (tertiary/aromatic N) is 1. The maximum atomic E-state index is 9.33. The lowest BCUT2D eigenvalue weighted by Gasteiger charge is -2.03. The third-order valence-electron chi connectivity index (χ3n) is 1.81. The van der Waals surface area contributed by atoms with Gasteiger partial charge in [0.1, 0.15) is 10.8 Å². The fourth-order valence-electron chi connectivity index (χ4n) is 1.14. The van der Waals surface area contributed by atoms with Crippen LogP contribution >= 0.6 is 39.3 Å². The van der Waals surface area contributed by atoms with Crippen LogP contribution in [0.4, 0.5) is 0 Å². The zero-order valence-corrected chi connectivity index (χ0v) is 11.2. The van der Waals surface area contributed by atoms with Crippen LogP contribution in [0.3, 0.4) is 0 Å². The Morgan fingerprint density at radius 3 is 2.81 bits per heavy atom. The van der Waals surface area contributed by atoms with E-state index in [-0.39, 0.29) is 5.75 Å². The summed E-state index contributed by atoms with van der Waals surface area (Å²) in [6.45, 7) is 0. The molecule has 2 rings (SSSR count). The minimum Gasteiger partial charge on any atom is -0.508 e. The van der Waals surface area contributed by atoms with E-state index in [0.29, 0.717) is 5.02 Å². The molecule has 0 spiro atoms. The highest BCUT2D eigenvalue weighted by atomic mass is 79.9. The minimum absolute atomic E-state index is 0.234. The summed E-state index contributed by atoms with van der Waals surface area (Å²) < 4.78 is 0.845. The Morgan fingerprint density at radius 1 is 1.31 bits per heavy atom. The Balaban J connectivity index is 2.27. The average Bonchev–Trinajstić information content (AvgIpc) is 2.22. The standard InChI is InChI=1S/C11H7BrClNOS/c12-7-4-10(13)11(14-6-7)16-9-3-1-2-8(15)5-9/h1-6,15H. The number of rotatable bonds is 2. The van der Waals surface area contributed by atoms with Crippen molar-refractivity contribution < 1.29 is 5.11 Å². The van der Waals surface area contributed by atoms with Gasteiger partial charge >= 0.3 is 0 Å². The Kier molecular flexibility index (Phi) is 3.74. The van der Waals surface area contributed by atoms with E-state index < -0.39 is 0 Å². The molecule has 2 nitrogen and oxygen atoms in total. The second-order valence-corrected chi connectivity index (χ2v) is 5.43. The van der Waals surface area contributed by atoms with E-state index in [9.17, 15) is 5.11 Å². The van der Waals surface area contributed by atoms with Crippen molar-refractivity contribution >= 4 is 39.3 Å². The molecule has 0 aliphatic heterocycles. The summed E-state index contributed by atoms with van der Waals surface area (Å²) in [7, 11) is 0. The average molecular weight is 317 g/mol. The first kappa shape index (κ1) is 11.8. The number of benzene rings is 1. The number of halogens is 2. The van der Waals surface area contributed by atoms with Gasteiger partial charge in [-0.25, -0.2) is 4.98 Å². The van der Waals surface area contributed by atoms with E-state index >= 15 is 0 Å². The number of pyridine rings is 1. The summed E-state index contributed by atoms with van der Waals surface area (Å²) in [5, 5.41) is 10.6. The van der Waals surface area contributed by atoms with Crippen LogP contribution in [0, 0.1) is 0 Å². The lowest BCUT2D eigenvalue weighted by Crippen LogP contribution is -1.81. The number of phenols is 1. The molecule has 0 atom stereocenters. The molecule has 0 unspecified atom stereocenters. The molecular formula is C11H7BrClNOS. The molecule has 0 saturated heterocycles. The van der Waals surface area contributed by atoms with E-state index in [1.165, 1.54) is 11.8 Å². The second-order valence-electron chi connectivity index (χ2n) is 3.04. The van der Waals surface area contributed by atoms with Gasteiger partial charge in [-0.1, -0.05) is 29.4 Å². The molecule has 1 heterocycles. The largest absolute Gasteiger partial charge is 0.508 e. The van der Waals surface area contributed by atoms with Crippen LogP contribution in [0.1, 0.15) is 0 Å². The third kappa shape index (κ3) is 2.90. The van der Waals surface area contributed by atoms with Crippen LogP contribution in [0.2, 0.25) is 5.02 Å². The van der Waals surface area contributed by atoms with Crippen molar-refractivity contribution in [2.24, 2.45) is 0 Å². The predicted molar refractivity (Wildman–Crippen MR) is 69.2 cm³/mol. The Bertz CT molecular complexity index is 521. The molecule has 0 bridgehead atoms. The fraction of sp³-hybridized carbons (Fsp3) is 0. The summed E-state index contributed by atoms with van der Waals surface area (Å²) in [4.78, 5) is 5.11. The molecule has 0 saturated carbocycles. The molecule has 82 valence electrons. The van der Waals surface area contributed by atoms with Gasteiger partial charge in [0, 0.05) is 15.6 Å². The topological polar surface area (TPSA) is 33.1 Å². The van der Waals surface area contributed by atoms with Crippen molar-refractivity contribution in [1.29, 1.82) is 0 Å². The van der Waals surface area contributed by atoms with Gasteiger partial charge in [-0.2, -0.15) is 0 Å². The van der Waals surface area contributed by atoms with Gasteiger partial charge in [-0.3, -0.25) is 0 Å². The Labute approximate surface area is 111 Å². The van der Waals surface area contributed by atoms with E-state index in [4.69, 9.17) is 11.6 Å². The highest BCUT2D eigenvalue weighted by Gasteiger charge is 2.05. The summed E-state index contributed by atoms with van der Waals surface area (Å²) in [6.07, 6.45) is 1.69. The van der Waals surface area contributed by atoms with Gasteiger partial charge in [-0.05, 0) is 40.2 Å². The van der Waals surface area contributed by atoms with Gasteiger partial charge in [0.2, 0.25) is 0 Å². The number of aromatic nitrogens is 1. The van der Waals surface area contributed by atoms with Crippen molar-refractivity contribution in [2.75, 3.05) is 0 Å². The Hall–Kier alpha value is -0.710. The molecule has 5 heteroatoms. The summed E-state index contributed by atoms with van der Waals surface area (Å²) >= 11 is 10.8. The van der Waals surface area contributed by atoms with Crippen LogP contribution in [0.15, 0.2) is 50.9 Å². The molecule has 0 aliphatic rings. The van der Waals surface area contributed by atoms with E-state index in [2.05, 4.69) is 20.9 Å². The molecule has 0 amide bonds. The van der Waals surface area contributed by atoms with Crippen molar-refractivity contribution in [3.8, 4) is 5.75 Å². The van der Waals surface area contributed by atoms with Crippen LogP contribution in [0.5, 0.6) is 5.75 Å². The molecule has 1 N–H and O–H groups in total. The first-order valence-electron chi connectivity index (χ1n) is 4.43. The smallest absolute Gasteiger partial charge is 0.119 e. The third-order valence-corrected chi connectivity index (χ3v) is 3.65. The van der Waals surface area contributed by atoms with Gasteiger partial charge in [0.15, 0.2) is 0 Å². The lowest BCUT2D eigenvalue weighted by molar-refractivity contribution is 0.474. The van der Waals surface area contributed by atoms with Crippen LogP contribution < -0.4 is 0 Å². The van der Waals surface area contributed by atoms with E-state index in [1.807, 2.05) is 6.07 Å². The van der Waals surface area contributed by atoms with Crippen molar-refractivity contribution in [1.82, 2.24) is 4.98 Å². The van der Waals surface area contributed by atoms with Crippen molar-refractivity contribution in [3.63, 3.8) is 0 Å². The molecule has 16 heavy (non-hydrogen) atoms. The van der Waals surface area contributed by atoms with Crippen molar-refractivity contribution in [2.45, 2.75) is 9.92 Å². The van der Waals surface area contributed by atoms with Crippen molar-refractivity contribution in [3.05, 3.63) is 46.0 Å². The first-order chi connectivity index (χ1) is 7.65. The molecule has 0 aliphatic carbocycles. The SMILES string of the molecule is Oc1cccc(Sc2ncc(Br)cc2Cl)c1. The zero-order chi connectivity index (χ0) is 11.5. The van der Waals surface area contributed by atoms with Gasteiger partial charge in [-0.15, -0.1) is 0 Å². The highest BCUT2D eigenvalue weighted by Crippen LogP contribution is 2.33. The molecule has 0 fully saturated rings. The second kappa shape index (κ2) is 5.08. The summed E-state index contributed by atoms with van der Waals surface area (Å²) in [5.74, 6) is 0.234. The normalized spacial score (nSPS) is 10.4. The number of hydrogen-bond donors (Lipinski definition) is 1. The van der Waals surface area contributed by atoms with Crippen LogP contribution in [-0.4, -0.2) is 10.1 Å². The fourth-order valence-corrected chi connectivity index (χ4v) is 2.69. The molecule has 0 radical (unpaired) electrons. The maximum absolute atomic E-state index is 9.33. The summed E-state index contributed by atoms with van der Waals surface area (Å²) in [6, 6.07) is 8.76. The number of phenolic OH excluding ortho intramolecular Hbond substituents is 1. The lowest BCUT2D eigenvalue weighted by atomic mass is 10.3. The molecule has 1 aromatic carbocycles. The van der Waals surface area contributed by atoms with E-state index in [0.717, 1.165) is 14.4 Å². The monoisotopic (exact) mass is 315 g/mol. The van der Waals surface area contributed by atoms with Crippen LogP contribution in [-0.2, 0) is 0 Å². The zero-order valence-electron chi connectivity index (χ0n) is 8.02. The summed E-state index contributed by atoms with van der Waals surface area (Å²) in [5.41, 5.74) is 0. The first-order valence-corrected chi connectivity index (χ1v) is 6.42. The van der Waals surface area contributed by atoms with Gasteiger partial charge in [0.05, 0.1) is 5.02 Å². The highest BCUT2D eigenvalue weighted by molar-refractivity contribution is 9.10. The maximum Gasteiger partial charge on any atom is 0.119 e. The van der Waals surface area contributed by atoms with Gasteiger partial charge < -0.3 is 5.11 Å². The quantitative estimate of drug-likeness (QED) is 0.894. The molecule has 2 aromatic rings. The van der Waals surface area contributed by atoms with Crippen LogP contribution in [0.25, 0.3) is 0 Å². The number of aromatic hydroxyl groups is 1. The molecule has 1 aromatic heterocycles. The number of hydrogen-bond acceptors (Lipinski definition) is 3. The minimum atomic E-state index is 0.234. The Morgan fingerprint density at radius 2 is 2.12 bits per heavy atom.